The van der Waals surface area contributed by atoms with Crippen LogP contribution in [0.3, 0.4) is 0 Å². The molecule has 0 aliphatic rings. The number of thiocarbonyl (C=S) groups is 1. The molecule has 2 aromatic heterocycles. The minimum Gasteiger partial charge on any atom is -0.497 e. The number of aromatic nitrogens is 1. The lowest BCUT2D eigenvalue weighted by atomic mass is 10.1. The molecule has 8 heteroatoms. The van der Waals surface area contributed by atoms with E-state index in [2.05, 4.69) is 10.3 Å². The van der Waals surface area contributed by atoms with Gasteiger partial charge in [0.25, 0.3) is 5.56 Å². The second kappa shape index (κ2) is 10.2. The number of furan rings is 1. The molecule has 0 spiro atoms. The topological polar surface area (TPSA) is 79.7 Å². The third-order valence-corrected chi connectivity index (χ3v) is 5.73. The number of aromatic amines is 1. The van der Waals surface area contributed by atoms with E-state index in [1.165, 1.54) is 0 Å². The van der Waals surface area contributed by atoms with Crippen LogP contribution in [-0.4, -0.2) is 29.2 Å². The van der Waals surface area contributed by atoms with Gasteiger partial charge in [0.05, 0.1) is 39.1 Å². The van der Waals surface area contributed by atoms with Crippen molar-refractivity contribution in [1.29, 1.82) is 0 Å². The molecular formula is C25H25N3O4S. The Morgan fingerprint density at radius 3 is 2.61 bits per heavy atom. The summed E-state index contributed by atoms with van der Waals surface area (Å²) in [5.74, 6) is 2.22. The van der Waals surface area contributed by atoms with E-state index < -0.39 is 0 Å². The quantitative estimate of drug-likeness (QED) is 0.379. The van der Waals surface area contributed by atoms with Crippen LogP contribution in [0.25, 0.3) is 10.9 Å². The van der Waals surface area contributed by atoms with E-state index in [1.54, 1.807) is 20.5 Å². The van der Waals surface area contributed by atoms with E-state index >= 15 is 0 Å². The lowest BCUT2D eigenvalue weighted by Crippen LogP contribution is -2.39. The van der Waals surface area contributed by atoms with E-state index in [1.807, 2.05) is 65.6 Å². The minimum absolute atomic E-state index is 0.172. The molecule has 0 saturated carbocycles. The molecule has 170 valence electrons. The molecule has 2 aromatic carbocycles. The molecule has 0 aliphatic heterocycles. The normalized spacial score (nSPS) is 10.7. The number of benzene rings is 2. The summed E-state index contributed by atoms with van der Waals surface area (Å²) < 4.78 is 16.2. The number of para-hydroxylation sites is 1. The van der Waals surface area contributed by atoms with Gasteiger partial charge in [-0.05, 0) is 54.0 Å². The molecule has 0 fully saturated rings. The molecule has 33 heavy (non-hydrogen) atoms. The average Bonchev–Trinajstić information content (AvgIpc) is 3.36. The summed E-state index contributed by atoms with van der Waals surface area (Å²) >= 11 is 5.70. The SMILES string of the molecule is COc1ccc2cc(CN(Cc3ccccc3OC)C(=S)NCc3ccco3)c(=O)[nH]c2c1. The Balaban J connectivity index is 1.62. The highest BCUT2D eigenvalue weighted by molar-refractivity contribution is 7.80. The van der Waals surface area contributed by atoms with Gasteiger partial charge in [0.1, 0.15) is 17.3 Å². The van der Waals surface area contributed by atoms with Crippen LogP contribution in [0.5, 0.6) is 11.5 Å². The minimum atomic E-state index is -0.172. The Morgan fingerprint density at radius 1 is 1.03 bits per heavy atom. The lowest BCUT2D eigenvalue weighted by Gasteiger charge is -2.26. The molecule has 4 aromatic rings. The van der Waals surface area contributed by atoms with Crippen molar-refractivity contribution in [1.82, 2.24) is 15.2 Å². The van der Waals surface area contributed by atoms with Gasteiger partial charge >= 0.3 is 0 Å². The highest BCUT2D eigenvalue weighted by Gasteiger charge is 2.16. The van der Waals surface area contributed by atoms with Crippen molar-refractivity contribution in [2.24, 2.45) is 0 Å². The van der Waals surface area contributed by atoms with Crippen molar-refractivity contribution in [3.8, 4) is 11.5 Å². The highest BCUT2D eigenvalue weighted by atomic mass is 32.1. The lowest BCUT2D eigenvalue weighted by molar-refractivity contribution is 0.369. The summed E-state index contributed by atoms with van der Waals surface area (Å²) in [4.78, 5) is 17.8. The molecule has 0 saturated heterocycles. The molecular weight excluding hydrogens is 438 g/mol. The van der Waals surface area contributed by atoms with Crippen LogP contribution in [0.2, 0.25) is 0 Å². The van der Waals surface area contributed by atoms with Crippen LogP contribution in [-0.2, 0) is 19.6 Å². The fraction of sp³-hybridized carbons (Fsp3) is 0.200. The molecule has 0 unspecified atom stereocenters. The molecule has 2 heterocycles. The van der Waals surface area contributed by atoms with Crippen LogP contribution in [0, 0.1) is 0 Å². The van der Waals surface area contributed by atoms with Gasteiger partial charge in [-0.15, -0.1) is 0 Å². The van der Waals surface area contributed by atoms with Gasteiger partial charge in [-0.2, -0.15) is 0 Å². The number of methoxy groups -OCH3 is 2. The highest BCUT2D eigenvalue weighted by Crippen LogP contribution is 2.22. The largest absolute Gasteiger partial charge is 0.497 e. The van der Waals surface area contributed by atoms with E-state index in [0.717, 1.165) is 28.0 Å². The van der Waals surface area contributed by atoms with Crippen LogP contribution < -0.4 is 20.3 Å². The fourth-order valence-corrected chi connectivity index (χ4v) is 3.80. The van der Waals surface area contributed by atoms with E-state index in [4.69, 9.17) is 26.1 Å². The summed E-state index contributed by atoms with van der Waals surface area (Å²) in [7, 11) is 3.24. The molecule has 2 N–H and O–H groups in total. The van der Waals surface area contributed by atoms with E-state index in [9.17, 15) is 4.79 Å². The van der Waals surface area contributed by atoms with Crippen LogP contribution in [0.1, 0.15) is 16.9 Å². The van der Waals surface area contributed by atoms with Gasteiger partial charge in [-0.3, -0.25) is 4.79 Å². The molecule has 0 bridgehead atoms. The Hall–Kier alpha value is -3.78. The second-order valence-corrected chi connectivity index (χ2v) is 7.87. The number of pyridine rings is 1. The van der Waals surface area contributed by atoms with Crippen molar-refractivity contribution >= 4 is 28.2 Å². The zero-order chi connectivity index (χ0) is 23.2. The van der Waals surface area contributed by atoms with Crippen molar-refractivity contribution in [3.05, 3.63) is 94.2 Å². The van der Waals surface area contributed by atoms with Crippen LogP contribution in [0.4, 0.5) is 0 Å². The first-order valence-corrected chi connectivity index (χ1v) is 10.8. The van der Waals surface area contributed by atoms with E-state index in [-0.39, 0.29) is 5.56 Å². The maximum atomic E-state index is 12.9. The number of H-pyrrole nitrogens is 1. The van der Waals surface area contributed by atoms with Gasteiger partial charge in [0.2, 0.25) is 0 Å². The summed E-state index contributed by atoms with van der Waals surface area (Å²) in [5, 5.41) is 4.65. The molecule has 0 aliphatic carbocycles. The molecule has 0 atom stereocenters. The number of hydrogen-bond acceptors (Lipinski definition) is 5. The number of ether oxygens (including phenoxy) is 2. The number of rotatable bonds is 8. The molecule has 4 rings (SSSR count). The maximum absolute atomic E-state index is 12.9. The average molecular weight is 464 g/mol. The zero-order valence-corrected chi connectivity index (χ0v) is 19.3. The number of nitrogens with one attached hydrogen (secondary N) is 2. The molecule has 7 nitrogen and oxygen atoms in total. The third-order valence-electron chi connectivity index (χ3n) is 5.33. The second-order valence-electron chi connectivity index (χ2n) is 7.48. The number of fused-ring (bicyclic) bond motifs is 1. The predicted molar refractivity (Wildman–Crippen MR) is 132 cm³/mol. The Labute approximate surface area is 196 Å². The molecule has 0 amide bonds. The number of hydrogen-bond donors (Lipinski definition) is 2. The Morgan fingerprint density at radius 2 is 1.85 bits per heavy atom. The standard InChI is InChI=1S/C25H25N3O4S/c1-30-20-10-9-17-12-19(24(29)27-22(17)13-20)16-28(15-18-6-3-4-8-23(18)31-2)25(33)26-14-21-7-5-11-32-21/h3-13H,14-16H2,1-2H3,(H,26,33)(H,27,29). The van der Waals surface area contributed by atoms with Gasteiger partial charge in [-0.25, -0.2) is 0 Å². The predicted octanol–water partition coefficient (Wildman–Crippen LogP) is 4.22. The van der Waals surface area contributed by atoms with E-state index in [0.29, 0.717) is 36.1 Å². The van der Waals surface area contributed by atoms with Gasteiger partial charge in [-0.1, -0.05) is 18.2 Å². The van der Waals surface area contributed by atoms with Gasteiger partial charge in [0, 0.05) is 23.7 Å². The monoisotopic (exact) mass is 463 g/mol. The first-order valence-electron chi connectivity index (χ1n) is 10.4. The molecule has 0 radical (unpaired) electrons. The summed E-state index contributed by atoms with van der Waals surface area (Å²) in [5.41, 5.74) is 2.11. The summed E-state index contributed by atoms with van der Waals surface area (Å²) in [6.45, 7) is 1.23. The van der Waals surface area contributed by atoms with Gasteiger partial charge < -0.3 is 29.1 Å². The van der Waals surface area contributed by atoms with Crippen molar-refractivity contribution in [2.45, 2.75) is 19.6 Å². The summed E-state index contributed by atoms with van der Waals surface area (Å²) in [6.07, 6.45) is 1.62. The van der Waals surface area contributed by atoms with Crippen molar-refractivity contribution in [2.75, 3.05) is 14.2 Å². The Kier molecular flexibility index (Phi) is 6.95. The smallest absolute Gasteiger partial charge is 0.253 e. The summed E-state index contributed by atoms with van der Waals surface area (Å²) in [6, 6.07) is 19.0. The maximum Gasteiger partial charge on any atom is 0.253 e. The third kappa shape index (κ3) is 5.35. The Bertz CT molecular complexity index is 1300. The van der Waals surface area contributed by atoms with Crippen molar-refractivity contribution in [3.63, 3.8) is 0 Å². The number of nitrogens with zero attached hydrogens (tertiary/aromatic N) is 1. The first kappa shape index (κ1) is 22.4. The van der Waals surface area contributed by atoms with Crippen LogP contribution >= 0.6 is 12.2 Å². The van der Waals surface area contributed by atoms with Crippen LogP contribution in [0.15, 0.2) is 76.1 Å². The van der Waals surface area contributed by atoms with Crippen molar-refractivity contribution < 1.29 is 13.9 Å². The fourth-order valence-electron chi connectivity index (χ4n) is 3.60. The first-order chi connectivity index (χ1) is 16.1. The van der Waals surface area contributed by atoms with Gasteiger partial charge in [0.15, 0.2) is 5.11 Å². The zero-order valence-electron chi connectivity index (χ0n) is 18.5.